The lowest BCUT2D eigenvalue weighted by molar-refractivity contribution is 0.0618. The molecule has 7 rings (SSSR count). The maximum absolute atomic E-state index is 14.1. The van der Waals surface area contributed by atoms with Gasteiger partial charge in [0.15, 0.2) is 0 Å². The summed E-state index contributed by atoms with van der Waals surface area (Å²) in [5.74, 6) is 0.275. The molecule has 2 saturated heterocycles. The van der Waals surface area contributed by atoms with Crippen LogP contribution >= 0.6 is 0 Å². The van der Waals surface area contributed by atoms with E-state index in [1.165, 1.54) is 43.6 Å². The first-order valence-corrected chi connectivity index (χ1v) is 17.3. The Hall–Kier alpha value is -4.09. The molecule has 0 saturated carbocycles. The average molecular weight is 656 g/mol. The lowest BCUT2D eigenvalue weighted by Crippen LogP contribution is -2.47. The molecule has 2 bridgehead atoms. The van der Waals surface area contributed by atoms with Gasteiger partial charge < -0.3 is 23.8 Å². The number of rotatable bonds is 4. The Morgan fingerprint density at radius 1 is 1.06 bits per heavy atom. The molecule has 1 atom stereocenters. The third kappa shape index (κ3) is 6.89. The Kier molecular flexibility index (Phi) is 9.33. The van der Waals surface area contributed by atoms with Crippen LogP contribution in [0.5, 0.6) is 5.75 Å². The number of aryl methyl sites for hydroxylation is 1. The third-order valence-electron chi connectivity index (χ3n) is 10.6. The van der Waals surface area contributed by atoms with Gasteiger partial charge >= 0.3 is 0 Å². The molecule has 2 fully saturated rings. The molecule has 1 aromatic carbocycles. The zero-order chi connectivity index (χ0) is 33.3. The molecule has 10 nitrogen and oxygen atoms in total. The molecule has 4 aromatic rings. The normalized spacial score (nSPS) is 20.4. The summed E-state index contributed by atoms with van der Waals surface area (Å²) in [7, 11) is 1.78. The lowest BCUT2D eigenvalue weighted by atomic mass is 9.71. The van der Waals surface area contributed by atoms with E-state index in [0.29, 0.717) is 52.8 Å². The van der Waals surface area contributed by atoms with Crippen LogP contribution in [0.1, 0.15) is 61.5 Å². The molecule has 3 aliphatic rings. The van der Waals surface area contributed by atoms with Crippen LogP contribution in [-0.4, -0.2) is 83.4 Å². The molecule has 0 unspecified atom stereocenters. The number of hydrogen-bond acceptors (Lipinski definition) is 8. The summed E-state index contributed by atoms with van der Waals surface area (Å²) in [6, 6.07) is 11.2. The fourth-order valence-corrected chi connectivity index (χ4v) is 7.65. The molecule has 48 heavy (non-hydrogen) atoms. The number of methoxy groups -OCH3 is 1. The number of amides is 1. The number of anilines is 2. The summed E-state index contributed by atoms with van der Waals surface area (Å²) in [6.07, 6.45) is 8.04. The van der Waals surface area contributed by atoms with Crippen molar-refractivity contribution in [3.63, 3.8) is 0 Å². The highest BCUT2D eigenvalue weighted by molar-refractivity contribution is 6.05. The van der Waals surface area contributed by atoms with E-state index in [1.807, 2.05) is 6.92 Å². The predicted octanol–water partition coefficient (Wildman–Crippen LogP) is 6.33. The zero-order valence-corrected chi connectivity index (χ0v) is 28.3. The highest BCUT2D eigenvalue weighted by atomic mass is 19.1. The van der Waals surface area contributed by atoms with Crippen LogP contribution in [0.3, 0.4) is 0 Å². The van der Waals surface area contributed by atoms with Gasteiger partial charge in [-0.05, 0) is 100 Å². The van der Waals surface area contributed by atoms with Crippen molar-refractivity contribution in [3.05, 3.63) is 59.8 Å². The first-order valence-electron chi connectivity index (χ1n) is 17.3. The van der Waals surface area contributed by atoms with Gasteiger partial charge in [0.2, 0.25) is 11.9 Å². The minimum atomic E-state index is -0.620. The van der Waals surface area contributed by atoms with E-state index in [4.69, 9.17) is 14.5 Å². The largest absolute Gasteiger partial charge is 0.493 e. The Balaban J connectivity index is 1.15. The van der Waals surface area contributed by atoms with Crippen molar-refractivity contribution in [3.8, 4) is 17.0 Å². The highest BCUT2D eigenvalue weighted by Gasteiger charge is 2.37. The number of halogens is 1. The quantitative estimate of drug-likeness (QED) is 0.255. The van der Waals surface area contributed by atoms with E-state index < -0.39 is 5.95 Å². The van der Waals surface area contributed by atoms with Crippen LogP contribution in [-0.2, 0) is 11.3 Å². The number of carbonyl (C=O) groups is 1. The Morgan fingerprint density at radius 2 is 1.85 bits per heavy atom. The Bertz CT molecular complexity index is 1770. The fraction of sp³-hybridized carbons (Fsp3) is 0.514. The van der Waals surface area contributed by atoms with Gasteiger partial charge in [0.25, 0.3) is 5.91 Å². The van der Waals surface area contributed by atoms with Crippen molar-refractivity contribution in [2.75, 3.05) is 63.3 Å². The van der Waals surface area contributed by atoms with Gasteiger partial charge in [-0.3, -0.25) is 15.1 Å². The van der Waals surface area contributed by atoms with Gasteiger partial charge in [-0.1, -0.05) is 6.92 Å². The SMILES string of the molecule is COCCN1CCC2(CC1)CCN(c1ccc3nc4n(c3c1)C[C@H](C)CCCOc1cc(F)ncc1-c1cc(cc(C)n1)C(=O)N4)CC2. The molecule has 0 radical (unpaired) electrons. The number of carbonyl (C=O) groups excluding carboxylic acids is 1. The Labute approximate surface area is 281 Å². The minimum absolute atomic E-state index is 0.277. The summed E-state index contributed by atoms with van der Waals surface area (Å²) in [4.78, 5) is 32.2. The van der Waals surface area contributed by atoms with E-state index in [2.05, 4.69) is 54.8 Å². The fourth-order valence-electron chi connectivity index (χ4n) is 7.65. The maximum atomic E-state index is 14.1. The van der Waals surface area contributed by atoms with Gasteiger partial charge in [0.05, 0.1) is 35.5 Å². The number of benzene rings is 1. The van der Waals surface area contributed by atoms with Crippen LogP contribution in [0.25, 0.3) is 22.3 Å². The molecule has 1 N–H and O–H groups in total. The molecule has 6 heterocycles. The Morgan fingerprint density at radius 3 is 2.65 bits per heavy atom. The number of piperidine rings is 2. The second-order valence-corrected chi connectivity index (χ2v) is 14.0. The number of nitrogens with zero attached hydrogens (tertiary/aromatic N) is 6. The van der Waals surface area contributed by atoms with Crippen molar-refractivity contribution in [1.29, 1.82) is 0 Å². The number of likely N-dealkylation sites (tertiary alicyclic amines) is 1. The van der Waals surface area contributed by atoms with Gasteiger partial charge in [-0.2, -0.15) is 4.39 Å². The van der Waals surface area contributed by atoms with Crippen molar-refractivity contribution in [2.45, 2.75) is 58.9 Å². The van der Waals surface area contributed by atoms with E-state index in [9.17, 15) is 9.18 Å². The van der Waals surface area contributed by atoms with E-state index in [-0.39, 0.29) is 11.8 Å². The molecular weight excluding hydrogens is 609 g/mol. The van der Waals surface area contributed by atoms with Crippen LogP contribution in [0.2, 0.25) is 0 Å². The molecule has 1 spiro atoms. The van der Waals surface area contributed by atoms with E-state index in [1.54, 1.807) is 19.2 Å². The zero-order valence-electron chi connectivity index (χ0n) is 28.3. The van der Waals surface area contributed by atoms with Crippen molar-refractivity contribution >= 4 is 28.6 Å². The molecule has 11 heteroatoms. The molecule has 254 valence electrons. The van der Waals surface area contributed by atoms with Gasteiger partial charge in [0, 0.05) is 62.5 Å². The van der Waals surface area contributed by atoms with Gasteiger partial charge in [-0.25, -0.2) is 9.97 Å². The molecule has 3 aliphatic heterocycles. The third-order valence-corrected chi connectivity index (χ3v) is 10.6. The van der Waals surface area contributed by atoms with E-state index >= 15 is 0 Å². The molecule has 3 aromatic heterocycles. The number of ether oxygens (including phenoxy) is 2. The van der Waals surface area contributed by atoms with Gasteiger partial charge in [0.1, 0.15) is 5.75 Å². The number of hydrogen-bond donors (Lipinski definition) is 1. The van der Waals surface area contributed by atoms with Crippen molar-refractivity contribution in [1.82, 2.24) is 24.4 Å². The van der Waals surface area contributed by atoms with Crippen LogP contribution in [0, 0.1) is 24.2 Å². The average Bonchev–Trinajstić information content (AvgIpc) is 3.41. The smallest absolute Gasteiger partial charge is 0.258 e. The second-order valence-electron chi connectivity index (χ2n) is 14.0. The van der Waals surface area contributed by atoms with Crippen molar-refractivity contribution in [2.24, 2.45) is 11.3 Å². The van der Waals surface area contributed by atoms with Crippen molar-refractivity contribution < 1.29 is 18.7 Å². The minimum Gasteiger partial charge on any atom is -0.493 e. The topological polar surface area (TPSA) is 97.6 Å². The number of fused-ring (bicyclic) bond motifs is 7. The number of nitrogens with one attached hydrogen (secondary N) is 1. The van der Waals surface area contributed by atoms with Gasteiger partial charge in [-0.15, -0.1) is 0 Å². The molecular formula is C37H46FN7O3. The number of imidazole rings is 1. The number of pyridine rings is 2. The summed E-state index contributed by atoms with van der Waals surface area (Å²) in [5, 5.41) is 3.12. The summed E-state index contributed by atoms with van der Waals surface area (Å²) in [5.41, 5.74) is 5.66. The molecule has 0 aliphatic carbocycles. The summed E-state index contributed by atoms with van der Waals surface area (Å²) < 4.78 is 27.7. The maximum Gasteiger partial charge on any atom is 0.258 e. The summed E-state index contributed by atoms with van der Waals surface area (Å²) >= 11 is 0. The standard InChI is InChI=1S/C37H46FN7O3/c1-25-5-4-17-48-33-22-34(38)39-23-29(33)31-20-27(19-26(2)40-31)35(46)42-36-41-30-7-6-28(21-32(30)45(36)24-25)44-14-10-37(11-15-44)8-12-43(13-9-37)16-18-47-3/h6-7,19-23,25H,4-5,8-18,24H2,1-3H3,(H,41,42,46)/t25-/m1/s1. The predicted molar refractivity (Wildman–Crippen MR) is 185 cm³/mol. The number of aromatic nitrogens is 4. The van der Waals surface area contributed by atoms with Crippen LogP contribution < -0.4 is 15.0 Å². The van der Waals surface area contributed by atoms with E-state index in [0.717, 1.165) is 63.2 Å². The first-order chi connectivity index (χ1) is 23.3. The molecule has 1 amide bonds. The first kappa shape index (κ1) is 32.5. The van der Waals surface area contributed by atoms with Crippen LogP contribution in [0.15, 0.2) is 42.6 Å². The lowest BCUT2D eigenvalue weighted by Gasteiger charge is -2.47. The highest BCUT2D eigenvalue weighted by Crippen LogP contribution is 2.42. The summed E-state index contributed by atoms with van der Waals surface area (Å²) in [6.45, 7) is 11.4. The van der Waals surface area contributed by atoms with Crippen LogP contribution in [0.4, 0.5) is 16.0 Å². The monoisotopic (exact) mass is 655 g/mol. The second kappa shape index (κ2) is 13.8.